The molecule has 0 saturated heterocycles. The second kappa shape index (κ2) is 5.12. The fraction of sp³-hybridized carbons (Fsp3) is 0.500. The van der Waals surface area contributed by atoms with Gasteiger partial charge in [-0.05, 0) is 6.42 Å². The molecule has 1 aromatic rings. The first-order valence-electron chi connectivity index (χ1n) is 4.83. The van der Waals surface area contributed by atoms with Crippen molar-refractivity contribution in [2.75, 3.05) is 12.0 Å². The Morgan fingerprint density at radius 1 is 1.61 bits per heavy atom. The van der Waals surface area contributed by atoms with E-state index in [0.717, 1.165) is 17.1 Å². The zero-order valence-corrected chi connectivity index (χ0v) is 10.3. The molecule has 18 heavy (non-hydrogen) atoms. The molecule has 0 spiro atoms. The number of carboxylic acid groups (broad SMARTS) is 1. The van der Waals surface area contributed by atoms with Gasteiger partial charge in [-0.2, -0.15) is 5.10 Å². The van der Waals surface area contributed by atoms with E-state index < -0.39 is 32.1 Å². The van der Waals surface area contributed by atoms with Crippen molar-refractivity contribution < 1.29 is 23.2 Å². The summed E-state index contributed by atoms with van der Waals surface area (Å²) in [4.78, 5) is 20.4. The molecular formula is C8H11N3O6S. The molecule has 0 bridgehead atoms. The predicted octanol–water partition coefficient (Wildman–Crippen LogP) is -0.0758. The highest BCUT2D eigenvalue weighted by Gasteiger charge is 2.24. The second-order valence-corrected chi connectivity index (χ2v) is 5.93. The smallest absolute Gasteiger partial charge is 0.363 e. The van der Waals surface area contributed by atoms with Crippen molar-refractivity contribution in [2.45, 2.75) is 13.0 Å². The Morgan fingerprint density at radius 3 is 2.61 bits per heavy atom. The molecule has 0 aromatic carbocycles. The van der Waals surface area contributed by atoms with Gasteiger partial charge in [0, 0.05) is 12.8 Å². The van der Waals surface area contributed by atoms with Crippen molar-refractivity contribution >= 4 is 21.5 Å². The molecule has 0 radical (unpaired) electrons. The lowest BCUT2D eigenvalue weighted by Crippen LogP contribution is -2.08. The van der Waals surface area contributed by atoms with Crippen LogP contribution in [0.2, 0.25) is 0 Å². The van der Waals surface area contributed by atoms with E-state index in [2.05, 4.69) is 5.10 Å². The Hall–Kier alpha value is -1.97. The molecule has 0 atom stereocenters. The lowest BCUT2D eigenvalue weighted by Gasteiger charge is -1.99. The van der Waals surface area contributed by atoms with Gasteiger partial charge in [-0.25, -0.2) is 13.2 Å². The van der Waals surface area contributed by atoms with Crippen molar-refractivity contribution in [1.82, 2.24) is 9.78 Å². The zero-order valence-electron chi connectivity index (χ0n) is 9.44. The van der Waals surface area contributed by atoms with Crippen molar-refractivity contribution in [2.24, 2.45) is 0 Å². The average Bonchev–Trinajstić information content (AvgIpc) is 2.60. The van der Waals surface area contributed by atoms with Gasteiger partial charge >= 0.3 is 11.7 Å². The van der Waals surface area contributed by atoms with Crippen LogP contribution in [0.25, 0.3) is 0 Å². The Bertz CT molecular complexity index is 544. The summed E-state index contributed by atoms with van der Waals surface area (Å²) in [6, 6.07) is 0. The highest BCUT2D eigenvalue weighted by atomic mass is 32.2. The molecule has 9 nitrogen and oxygen atoms in total. The van der Waals surface area contributed by atoms with Gasteiger partial charge in [0.05, 0.1) is 10.7 Å². The minimum Gasteiger partial charge on any atom is -0.476 e. The number of aromatic carboxylic acids is 1. The van der Waals surface area contributed by atoms with Crippen LogP contribution in [0.3, 0.4) is 0 Å². The van der Waals surface area contributed by atoms with Crippen LogP contribution in [-0.2, 0) is 16.4 Å². The Kier molecular flexibility index (Phi) is 4.01. The van der Waals surface area contributed by atoms with Crippen molar-refractivity contribution in [3.8, 4) is 0 Å². The van der Waals surface area contributed by atoms with Gasteiger partial charge in [0.1, 0.15) is 16.0 Å². The highest BCUT2D eigenvalue weighted by molar-refractivity contribution is 7.90. The van der Waals surface area contributed by atoms with Crippen LogP contribution in [0.5, 0.6) is 0 Å². The lowest BCUT2D eigenvalue weighted by molar-refractivity contribution is -0.385. The number of aromatic nitrogens is 2. The first-order chi connectivity index (χ1) is 8.20. The number of rotatable bonds is 6. The zero-order chi connectivity index (χ0) is 13.9. The Morgan fingerprint density at radius 2 is 2.22 bits per heavy atom. The number of hydrogen-bond acceptors (Lipinski definition) is 6. The number of nitro groups is 1. The van der Waals surface area contributed by atoms with Crippen LogP contribution in [0.1, 0.15) is 16.9 Å². The maximum atomic E-state index is 10.9. The Balaban J connectivity index is 2.83. The van der Waals surface area contributed by atoms with Crippen LogP contribution < -0.4 is 0 Å². The Labute approximate surface area is 102 Å². The van der Waals surface area contributed by atoms with E-state index in [1.54, 1.807) is 0 Å². The van der Waals surface area contributed by atoms with Crippen LogP contribution in [0.4, 0.5) is 5.69 Å². The molecule has 100 valence electrons. The third-order valence-electron chi connectivity index (χ3n) is 2.04. The average molecular weight is 277 g/mol. The predicted molar refractivity (Wildman–Crippen MR) is 60.2 cm³/mol. The monoisotopic (exact) mass is 277 g/mol. The molecule has 1 N–H and O–H groups in total. The summed E-state index contributed by atoms with van der Waals surface area (Å²) >= 11 is 0. The summed E-state index contributed by atoms with van der Waals surface area (Å²) in [5, 5.41) is 22.8. The van der Waals surface area contributed by atoms with E-state index in [1.807, 2.05) is 0 Å². The van der Waals surface area contributed by atoms with E-state index >= 15 is 0 Å². The molecule has 0 aliphatic heterocycles. The van der Waals surface area contributed by atoms with E-state index in [4.69, 9.17) is 5.11 Å². The molecule has 0 fully saturated rings. The first-order valence-corrected chi connectivity index (χ1v) is 6.89. The topological polar surface area (TPSA) is 132 Å². The van der Waals surface area contributed by atoms with Gasteiger partial charge in [-0.15, -0.1) is 0 Å². The summed E-state index contributed by atoms with van der Waals surface area (Å²) in [5.74, 6) is -1.59. The fourth-order valence-electron chi connectivity index (χ4n) is 1.30. The summed E-state index contributed by atoms with van der Waals surface area (Å²) in [6.45, 7) is 0.0984. The number of nitrogens with zero attached hydrogens (tertiary/aromatic N) is 3. The maximum Gasteiger partial charge on any atom is 0.363 e. The minimum absolute atomic E-state index is 0.0942. The summed E-state index contributed by atoms with van der Waals surface area (Å²) in [5.41, 5.74) is -1.26. The standard InChI is InChI=1S/C8H11N3O6S/c1-18(16,17)4-2-3-10-5-6(11(14)15)7(9-10)8(12)13/h5H,2-4H2,1H3,(H,12,13). The molecule has 0 saturated carbocycles. The highest BCUT2D eigenvalue weighted by Crippen LogP contribution is 2.16. The minimum atomic E-state index is -3.12. The quantitative estimate of drug-likeness (QED) is 0.568. The summed E-state index contributed by atoms with van der Waals surface area (Å²) in [6.07, 6.45) is 2.25. The molecule has 0 aliphatic rings. The number of carboxylic acids is 1. The van der Waals surface area contributed by atoms with Crippen LogP contribution in [0.15, 0.2) is 6.20 Å². The number of aryl methyl sites for hydroxylation is 1. The third kappa shape index (κ3) is 3.80. The number of carbonyl (C=O) groups is 1. The second-order valence-electron chi connectivity index (χ2n) is 3.67. The lowest BCUT2D eigenvalue weighted by atomic mass is 10.4. The van der Waals surface area contributed by atoms with Crippen LogP contribution in [-0.4, -0.2) is 46.2 Å². The van der Waals surface area contributed by atoms with Crippen LogP contribution in [0, 0.1) is 10.1 Å². The molecule has 1 aromatic heterocycles. The normalized spacial score (nSPS) is 11.4. The summed E-state index contributed by atoms with van der Waals surface area (Å²) < 4.78 is 22.8. The van der Waals surface area contributed by atoms with E-state index in [0.29, 0.717) is 0 Å². The molecule has 0 amide bonds. The van der Waals surface area contributed by atoms with E-state index in [9.17, 15) is 23.3 Å². The van der Waals surface area contributed by atoms with Crippen molar-refractivity contribution in [3.63, 3.8) is 0 Å². The van der Waals surface area contributed by atoms with E-state index in [1.165, 1.54) is 0 Å². The van der Waals surface area contributed by atoms with Crippen molar-refractivity contribution in [1.29, 1.82) is 0 Å². The third-order valence-corrected chi connectivity index (χ3v) is 3.07. The van der Waals surface area contributed by atoms with E-state index in [-0.39, 0.29) is 18.7 Å². The SMILES string of the molecule is CS(=O)(=O)CCCn1cc([N+](=O)[O-])c(C(=O)O)n1. The maximum absolute atomic E-state index is 10.9. The molecule has 1 heterocycles. The largest absolute Gasteiger partial charge is 0.476 e. The first kappa shape index (κ1) is 14.1. The van der Waals surface area contributed by atoms with Gasteiger partial charge < -0.3 is 5.11 Å². The van der Waals surface area contributed by atoms with Crippen molar-refractivity contribution in [3.05, 3.63) is 22.0 Å². The molecule has 0 unspecified atom stereocenters. The molecule has 10 heteroatoms. The molecule has 0 aliphatic carbocycles. The molecule has 1 rings (SSSR count). The fourth-order valence-corrected chi connectivity index (χ4v) is 1.95. The summed E-state index contributed by atoms with van der Waals surface area (Å²) in [7, 11) is -3.12. The molecular weight excluding hydrogens is 266 g/mol. The van der Waals surface area contributed by atoms with Gasteiger partial charge in [0.2, 0.25) is 5.69 Å². The van der Waals surface area contributed by atoms with Gasteiger partial charge in [-0.3, -0.25) is 14.8 Å². The van der Waals surface area contributed by atoms with Gasteiger partial charge in [0.25, 0.3) is 0 Å². The van der Waals surface area contributed by atoms with Gasteiger partial charge in [0.15, 0.2) is 0 Å². The number of hydrogen-bond donors (Lipinski definition) is 1. The number of sulfone groups is 1. The van der Waals surface area contributed by atoms with Crippen LogP contribution >= 0.6 is 0 Å². The van der Waals surface area contributed by atoms with Gasteiger partial charge in [-0.1, -0.05) is 0 Å².